The van der Waals surface area contributed by atoms with Gasteiger partial charge in [-0.15, -0.1) is 0 Å². The third-order valence-electron chi connectivity index (χ3n) is 7.03. The Kier molecular flexibility index (Phi) is 7.56. The first-order valence-electron chi connectivity index (χ1n) is 12.4. The van der Waals surface area contributed by atoms with Gasteiger partial charge in [0.2, 0.25) is 5.91 Å². The summed E-state index contributed by atoms with van der Waals surface area (Å²) in [5.74, 6) is 0.0285. The molecule has 7 nitrogen and oxygen atoms in total. The number of carbonyl (C=O) groups is 1. The van der Waals surface area contributed by atoms with Gasteiger partial charge in [-0.3, -0.25) is 4.79 Å². The molecule has 1 saturated heterocycles. The SMILES string of the molecule is Cc1cc([C@@H](CNC(C)C)C(=O)N2CCN(c3ncnc4c3[C@H](C)C[C@@H]4O)CC2)cc(C(F)(F)F)c1. The van der Waals surface area contributed by atoms with Gasteiger partial charge in [0.15, 0.2) is 0 Å². The van der Waals surface area contributed by atoms with E-state index >= 15 is 0 Å². The van der Waals surface area contributed by atoms with Crippen LogP contribution in [0, 0.1) is 6.92 Å². The Hall–Kier alpha value is -2.72. The van der Waals surface area contributed by atoms with Crippen molar-refractivity contribution in [2.24, 2.45) is 0 Å². The fraction of sp³-hybridized carbons (Fsp3) is 0.577. The van der Waals surface area contributed by atoms with Gasteiger partial charge in [-0.05, 0) is 37.0 Å². The maximum Gasteiger partial charge on any atom is 0.416 e. The fourth-order valence-corrected chi connectivity index (χ4v) is 5.19. The zero-order valence-corrected chi connectivity index (χ0v) is 21.1. The Morgan fingerprint density at radius 2 is 1.86 bits per heavy atom. The van der Waals surface area contributed by atoms with Crippen molar-refractivity contribution in [3.8, 4) is 0 Å². The highest BCUT2D eigenvalue weighted by Gasteiger charge is 2.36. The van der Waals surface area contributed by atoms with Gasteiger partial charge >= 0.3 is 6.18 Å². The zero-order chi connectivity index (χ0) is 26.2. The number of carbonyl (C=O) groups excluding carboxylic acids is 1. The molecule has 2 heterocycles. The number of aliphatic hydroxyl groups is 1. The van der Waals surface area contributed by atoms with Crippen LogP contribution in [0.25, 0.3) is 0 Å². The highest BCUT2D eigenvalue weighted by molar-refractivity contribution is 5.84. The van der Waals surface area contributed by atoms with E-state index in [-0.39, 0.29) is 24.4 Å². The molecular weight excluding hydrogens is 471 g/mol. The second-order valence-electron chi connectivity index (χ2n) is 10.2. The van der Waals surface area contributed by atoms with E-state index in [1.54, 1.807) is 17.9 Å². The zero-order valence-electron chi connectivity index (χ0n) is 21.1. The molecule has 1 fully saturated rings. The van der Waals surface area contributed by atoms with E-state index in [2.05, 4.69) is 20.2 Å². The van der Waals surface area contributed by atoms with Crippen LogP contribution in [0.5, 0.6) is 0 Å². The smallest absolute Gasteiger partial charge is 0.387 e. The van der Waals surface area contributed by atoms with Gasteiger partial charge in [0, 0.05) is 44.3 Å². The van der Waals surface area contributed by atoms with Crippen molar-refractivity contribution in [2.45, 2.75) is 64.3 Å². The molecule has 0 unspecified atom stereocenters. The van der Waals surface area contributed by atoms with Crippen LogP contribution in [-0.4, -0.2) is 64.6 Å². The number of alkyl halides is 3. The molecular formula is C26H34F3N5O2. The van der Waals surface area contributed by atoms with E-state index in [4.69, 9.17) is 0 Å². The lowest BCUT2D eigenvalue weighted by atomic mass is 9.93. The number of halogens is 3. The molecule has 36 heavy (non-hydrogen) atoms. The predicted octanol–water partition coefficient (Wildman–Crippen LogP) is 3.77. The largest absolute Gasteiger partial charge is 0.416 e. The Balaban J connectivity index is 1.53. The second kappa shape index (κ2) is 10.3. The van der Waals surface area contributed by atoms with Crippen LogP contribution in [0.2, 0.25) is 0 Å². The van der Waals surface area contributed by atoms with Crippen molar-refractivity contribution in [3.63, 3.8) is 0 Å². The minimum Gasteiger partial charge on any atom is -0.387 e. The molecule has 2 aromatic rings. The average molecular weight is 506 g/mol. The molecule has 0 bridgehead atoms. The van der Waals surface area contributed by atoms with Crippen LogP contribution in [0.4, 0.5) is 19.0 Å². The summed E-state index contributed by atoms with van der Waals surface area (Å²) in [6.45, 7) is 9.76. The van der Waals surface area contributed by atoms with E-state index < -0.39 is 23.8 Å². The van der Waals surface area contributed by atoms with Gasteiger partial charge in [0.1, 0.15) is 12.1 Å². The lowest BCUT2D eigenvalue weighted by Gasteiger charge is -2.38. The van der Waals surface area contributed by atoms with Crippen molar-refractivity contribution >= 4 is 11.7 Å². The predicted molar refractivity (Wildman–Crippen MR) is 131 cm³/mol. The van der Waals surface area contributed by atoms with Crippen molar-refractivity contribution in [2.75, 3.05) is 37.6 Å². The number of benzene rings is 1. The van der Waals surface area contributed by atoms with Crippen LogP contribution >= 0.6 is 0 Å². The molecule has 10 heteroatoms. The Labute approximate surface area is 209 Å². The van der Waals surface area contributed by atoms with E-state index in [1.165, 1.54) is 6.33 Å². The van der Waals surface area contributed by atoms with Gasteiger partial charge in [0.05, 0.1) is 23.3 Å². The number of rotatable bonds is 6. The summed E-state index contributed by atoms with van der Waals surface area (Å²) >= 11 is 0. The van der Waals surface area contributed by atoms with Crippen LogP contribution < -0.4 is 10.2 Å². The third kappa shape index (κ3) is 5.49. The number of piperazine rings is 1. The monoisotopic (exact) mass is 505 g/mol. The number of aliphatic hydroxyl groups excluding tert-OH is 1. The number of hydrogen-bond acceptors (Lipinski definition) is 6. The highest BCUT2D eigenvalue weighted by atomic mass is 19.4. The van der Waals surface area contributed by atoms with E-state index in [1.807, 2.05) is 20.8 Å². The molecule has 0 saturated carbocycles. The van der Waals surface area contributed by atoms with Gasteiger partial charge in [0.25, 0.3) is 0 Å². The molecule has 0 spiro atoms. The molecule has 1 aromatic heterocycles. The van der Waals surface area contributed by atoms with E-state index in [9.17, 15) is 23.1 Å². The fourth-order valence-electron chi connectivity index (χ4n) is 5.19. The van der Waals surface area contributed by atoms with Crippen molar-refractivity contribution in [1.82, 2.24) is 20.2 Å². The van der Waals surface area contributed by atoms with Gasteiger partial charge in [-0.1, -0.05) is 32.4 Å². The Morgan fingerprint density at radius 3 is 2.50 bits per heavy atom. The van der Waals surface area contributed by atoms with Crippen molar-refractivity contribution < 1.29 is 23.1 Å². The first-order chi connectivity index (χ1) is 17.0. The summed E-state index contributed by atoms with van der Waals surface area (Å²) in [5.41, 5.74) is 1.74. The van der Waals surface area contributed by atoms with E-state index in [0.29, 0.717) is 49.4 Å². The first kappa shape index (κ1) is 26.3. The molecule has 196 valence electrons. The third-order valence-corrected chi connectivity index (χ3v) is 7.03. The number of nitrogens with one attached hydrogen (secondary N) is 1. The van der Waals surface area contributed by atoms with Crippen LogP contribution in [0.3, 0.4) is 0 Å². The lowest BCUT2D eigenvalue weighted by Crippen LogP contribution is -2.51. The van der Waals surface area contributed by atoms with Crippen molar-refractivity contribution in [3.05, 3.63) is 52.5 Å². The highest BCUT2D eigenvalue weighted by Crippen LogP contribution is 2.43. The second-order valence-corrected chi connectivity index (χ2v) is 10.2. The Bertz CT molecular complexity index is 1100. The molecule has 0 radical (unpaired) electrons. The van der Waals surface area contributed by atoms with Crippen LogP contribution in [-0.2, 0) is 11.0 Å². The number of anilines is 1. The molecule has 1 aromatic carbocycles. The van der Waals surface area contributed by atoms with Gasteiger partial charge in [-0.25, -0.2) is 9.97 Å². The number of hydrogen-bond donors (Lipinski definition) is 2. The first-order valence-corrected chi connectivity index (χ1v) is 12.4. The minimum absolute atomic E-state index is 0.0845. The normalized spacial score (nSPS) is 21.1. The number of aromatic nitrogens is 2. The Morgan fingerprint density at radius 1 is 1.17 bits per heavy atom. The van der Waals surface area contributed by atoms with Crippen molar-refractivity contribution in [1.29, 1.82) is 0 Å². The molecule has 1 amide bonds. The maximum absolute atomic E-state index is 13.6. The number of aryl methyl sites for hydroxylation is 1. The summed E-state index contributed by atoms with van der Waals surface area (Å²) in [6.07, 6.45) is -2.99. The topological polar surface area (TPSA) is 81.6 Å². The summed E-state index contributed by atoms with van der Waals surface area (Å²) < 4.78 is 40.5. The molecule has 1 aliphatic heterocycles. The summed E-state index contributed by atoms with van der Waals surface area (Å²) in [5, 5.41) is 13.5. The number of fused-ring (bicyclic) bond motifs is 1. The lowest BCUT2D eigenvalue weighted by molar-refractivity contribution is -0.138. The summed E-state index contributed by atoms with van der Waals surface area (Å²) in [6, 6.07) is 3.97. The molecule has 1 aliphatic carbocycles. The van der Waals surface area contributed by atoms with Crippen LogP contribution in [0.15, 0.2) is 24.5 Å². The van der Waals surface area contributed by atoms with Gasteiger partial charge < -0.3 is 20.2 Å². The van der Waals surface area contributed by atoms with E-state index in [0.717, 1.165) is 23.5 Å². The minimum atomic E-state index is -4.48. The number of amides is 1. The quantitative estimate of drug-likeness (QED) is 0.622. The van der Waals surface area contributed by atoms with Gasteiger partial charge in [-0.2, -0.15) is 13.2 Å². The number of nitrogens with zero attached hydrogens (tertiary/aromatic N) is 4. The molecule has 4 rings (SSSR count). The molecule has 3 atom stereocenters. The molecule has 2 aliphatic rings. The standard InChI is InChI=1S/C26H34F3N5O2/c1-15(2)30-13-20(18-9-16(3)10-19(12-18)26(27,28)29)25(36)34-7-5-33(6-8-34)24-22-17(4)11-21(35)23(22)31-14-32-24/h9-10,12,14-15,17,20-21,30,35H,5-8,11,13H2,1-4H3/t17-,20-,21+/m1/s1. The summed E-state index contributed by atoms with van der Waals surface area (Å²) in [4.78, 5) is 26.2. The maximum atomic E-state index is 13.6. The van der Waals surface area contributed by atoms with Crippen LogP contribution in [0.1, 0.15) is 73.1 Å². The molecule has 2 N–H and O–H groups in total. The average Bonchev–Trinajstić information content (AvgIpc) is 3.11. The summed E-state index contributed by atoms with van der Waals surface area (Å²) in [7, 11) is 0.